The number of hydrogen-bond acceptors (Lipinski definition) is 2. The minimum absolute atomic E-state index is 0.190. The molecular weight excluding hydrogens is 394 g/mol. The lowest BCUT2D eigenvalue weighted by Gasteiger charge is -2.09. The number of hydrogen-bond donors (Lipinski definition) is 1. The molecule has 0 bridgehead atoms. The number of benzene rings is 3. The second-order valence-corrected chi connectivity index (χ2v) is 8.01. The Bertz CT molecular complexity index is 1310. The van der Waals surface area contributed by atoms with Crippen molar-refractivity contribution in [3.8, 4) is 11.3 Å². The molecule has 1 aromatic heterocycles. The number of furan rings is 1. The first-order valence-corrected chi connectivity index (χ1v) is 10.4. The van der Waals surface area contributed by atoms with Crippen molar-refractivity contribution in [2.75, 3.05) is 5.32 Å². The standard InChI is InChI=1S/C26H20ClNO2/c1-16-5-6-19(15-22(16)27)24-13-10-20(30-24)11-14-25(29)28-23-12-9-18-8-7-17-3-2-4-21(23)26(17)18/h2-6,9-15H,7-8H2,1H3,(H,28,29)/b14-11+. The summed E-state index contributed by atoms with van der Waals surface area (Å²) in [5.74, 6) is 1.13. The monoisotopic (exact) mass is 413 g/mol. The van der Waals surface area contributed by atoms with Crippen LogP contribution in [0.15, 0.2) is 71.2 Å². The number of carbonyl (C=O) groups excluding carboxylic acids is 1. The van der Waals surface area contributed by atoms with Crippen LogP contribution in [0.3, 0.4) is 0 Å². The van der Waals surface area contributed by atoms with E-state index in [4.69, 9.17) is 16.0 Å². The van der Waals surface area contributed by atoms with Gasteiger partial charge in [-0.05, 0) is 72.2 Å². The van der Waals surface area contributed by atoms with E-state index >= 15 is 0 Å². The van der Waals surface area contributed by atoms with E-state index in [0.29, 0.717) is 16.5 Å². The molecule has 0 saturated carbocycles. The van der Waals surface area contributed by atoms with Gasteiger partial charge in [0.1, 0.15) is 11.5 Å². The molecular formula is C26H20ClNO2. The predicted octanol–water partition coefficient (Wildman–Crippen LogP) is 6.81. The van der Waals surface area contributed by atoms with E-state index in [0.717, 1.165) is 35.0 Å². The zero-order valence-electron chi connectivity index (χ0n) is 16.5. The molecule has 4 aromatic rings. The van der Waals surface area contributed by atoms with E-state index in [9.17, 15) is 4.79 Å². The van der Waals surface area contributed by atoms with Crippen LogP contribution in [0.2, 0.25) is 5.02 Å². The van der Waals surface area contributed by atoms with E-state index in [-0.39, 0.29) is 5.91 Å². The molecule has 1 amide bonds. The fraction of sp³-hybridized carbons (Fsp3) is 0.115. The highest BCUT2D eigenvalue weighted by Crippen LogP contribution is 2.35. The number of nitrogens with one attached hydrogen (secondary N) is 1. The van der Waals surface area contributed by atoms with Crippen LogP contribution in [-0.2, 0) is 17.6 Å². The van der Waals surface area contributed by atoms with Crippen molar-refractivity contribution >= 4 is 40.0 Å². The van der Waals surface area contributed by atoms with Gasteiger partial charge < -0.3 is 9.73 Å². The van der Waals surface area contributed by atoms with E-state index in [1.165, 1.54) is 22.6 Å². The van der Waals surface area contributed by atoms with Crippen LogP contribution in [-0.4, -0.2) is 5.91 Å². The van der Waals surface area contributed by atoms with Gasteiger partial charge in [-0.15, -0.1) is 0 Å². The zero-order chi connectivity index (χ0) is 20.7. The molecule has 0 aliphatic heterocycles. The molecule has 1 N–H and O–H groups in total. The Morgan fingerprint density at radius 3 is 2.70 bits per heavy atom. The molecule has 1 heterocycles. The third-order valence-electron chi connectivity index (χ3n) is 5.62. The van der Waals surface area contributed by atoms with Crippen molar-refractivity contribution < 1.29 is 9.21 Å². The molecule has 4 heteroatoms. The average molecular weight is 414 g/mol. The lowest BCUT2D eigenvalue weighted by Crippen LogP contribution is -2.08. The third-order valence-corrected chi connectivity index (χ3v) is 6.02. The molecule has 30 heavy (non-hydrogen) atoms. The van der Waals surface area contributed by atoms with Crippen molar-refractivity contribution in [3.05, 3.63) is 94.2 Å². The summed E-state index contributed by atoms with van der Waals surface area (Å²) in [6.45, 7) is 1.96. The van der Waals surface area contributed by atoms with Gasteiger partial charge in [-0.1, -0.05) is 48.0 Å². The molecule has 0 saturated heterocycles. The second-order valence-electron chi connectivity index (χ2n) is 7.60. The highest BCUT2D eigenvalue weighted by Gasteiger charge is 2.16. The van der Waals surface area contributed by atoms with Gasteiger partial charge in [0.2, 0.25) is 5.91 Å². The van der Waals surface area contributed by atoms with Crippen LogP contribution >= 0.6 is 11.6 Å². The summed E-state index contributed by atoms with van der Waals surface area (Å²) in [7, 11) is 0. The first-order valence-electron chi connectivity index (χ1n) is 9.97. The molecule has 0 unspecified atom stereocenters. The van der Waals surface area contributed by atoms with E-state index in [2.05, 4.69) is 29.6 Å². The fourth-order valence-electron chi connectivity index (χ4n) is 4.03. The van der Waals surface area contributed by atoms with E-state index in [1.54, 1.807) is 6.08 Å². The normalized spacial score (nSPS) is 12.7. The van der Waals surface area contributed by atoms with Crippen LogP contribution in [0.5, 0.6) is 0 Å². The third kappa shape index (κ3) is 3.42. The van der Waals surface area contributed by atoms with E-state index < -0.39 is 0 Å². The van der Waals surface area contributed by atoms with Gasteiger partial charge in [-0.2, -0.15) is 0 Å². The molecule has 3 aromatic carbocycles. The summed E-state index contributed by atoms with van der Waals surface area (Å²) < 4.78 is 5.85. The number of amides is 1. The molecule has 148 valence electrons. The highest BCUT2D eigenvalue weighted by molar-refractivity contribution is 6.31. The Hall–Kier alpha value is -3.30. The minimum atomic E-state index is -0.190. The van der Waals surface area contributed by atoms with Gasteiger partial charge in [-0.3, -0.25) is 4.79 Å². The second kappa shape index (κ2) is 7.51. The van der Waals surface area contributed by atoms with Crippen molar-refractivity contribution in [3.63, 3.8) is 0 Å². The van der Waals surface area contributed by atoms with Gasteiger partial charge in [0.05, 0.1) is 0 Å². The molecule has 3 nitrogen and oxygen atoms in total. The predicted molar refractivity (Wildman–Crippen MR) is 123 cm³/mol. The average Bonchev–Trinajstić information content (AvgIpc) is 3.39. The van der Waals surface area contributed by atoms with Crippen molar-refractivity contribution in [1.82, 2.24) is 0 Å². The lowest BCUT2D eigenvalue weighted by molar-refractivity contribution is -0.111. The lowest BCUT2D eigenvalue weighted by atomic mass is 10.0. The number of halogens is 1. The maximum atomic E-state index is 12.5. The molecule has 1 aliphatic rings. The maximum Gasteiger partial charge on any atom is 0.248 e. The van der Waals surface area contributed by atoms with Crippen molar-refractivity contribution in [1.29, 1.82) is 0 Å². The molecule has 5 rings (SSSR count). The number of aryl methyl sites for hydroxylation is 3. The first-order chi connectivity index (χ1) is 14.6. The quantitative estimate of drug-likeness (QED) is 0.373. The Balaban J connectivity index is 1.34. The van der Waals surface area contributed by atoms with Crippen molar-refractivity contribution in [2.24, 2.45) is 0 Å². The van der Waals surface area contributed by atoms with Gasteiger partial charge in [0, 0.05) is 27.7 Å². The molecule has 0 atom stereocenters. The van der Waals surface area contributed by atoms with Crippen LogP contribution in [0.1, 0.15) is 22.5 Å². The fourth-order valence-corrected chi connectivity index (χ4v) is 4.21. The van der Waals surface area contributed by atoms with Gasteiger partial charge in [-0.25, -0.2) is 0 Å². The summed E-state index contributed by atoms with van der Waals surface area (Å²) in [6, 6.07) is 19.9. The number of rotatable bonds is 4. The zero-order valence-corrected chi connectivity index (χ0v) is 17.3. The maximum absolute atomic E-state index is 12.5. The van der Waals surface area contributed by atoms with Gasteiger partial charge in [0.25, 0.3) is 0 Å². The van der Waals surface area contributed by atoms with Crippen LogP contribution < -0.4 is 5.32 Å². The molecule has 0 radical (unpaired) electrons. The Morgan fingerprint density at radius 2 is 1.87 bits per heavy atom. The summed E-state index contributed by atoms with van der Waals surface area (Å²) in [4.78, 5) is 12.5. The van der Waals surface area contributed by atoms with Crippen LogP contribution in [0, 0.1) is 6.92 Å². The number of carbonyl (C=O) groups is 1. The first kappa shape index (κ1) is 18.7. The summed E-state index contributed by atoms with van der Waals surface area (Å²) >= 11 is 6.21. The topological polar surface area (TPSA) is 42.2 Å². The highest BCUT2D eigenvalue weighted by atomic mass is 35.5. The summed E-state index contributed by atoms with van der Waals surface area (Å²) in [5, 5.41) is 6.09. The van der Waals surface area contributed by atoms with Crippen LogP contribution in [0.25, 0.3) is 28.2 Å². The SMILES string of the molecule is Cc1ccc(-c2ccc(/C=C/C(=O)Nc3ccc4c5c(cccc35)CC4)o2)cc1Cl. The molecule has 1 aliphatic carbocycles. The molecule has 0 spiro atoms. The summed E-state index contributed by atoms with van der Waals surface area (Å²) in [6.07, 6.45) is 5.30. The Morgan fingerprint density at radius 1 is 1.03 bits per heavy atom. The van der Waals surface area contributed by atoms with E-state index in [1.807, 2.05) is 43.3 Å². The Kier molecular flexibility index (Phi) is 4.68. The largest absolute Gasteiger partial charge is 0.457 e. The van der Waals surface area contributed by atoms with Gasteiger partial charge >= 0.3 is 0 Å². The van der Waals surface area contributed by atoms with Crippen LogP contribution in [0.4, 0.5) is 5.69 Å². The van der Waals surface area contributed by atoms with Gasteiger partial charge in [0.15, 0.2) is 0 Å². The number of anilines is 1. The minimum Gasteiger partial charge on any atom is -0.457 e. The molecule has 0 fully saturated rings. The Labute approximate surface area is 180 Å². The van der Waals surface area contributed by atoms with Crippen molar-refractivity contribution in [2.45, 2.75) is 19.8 Å². The smallest absolute Gasteiger partial charge is 0.248 e. The summed E-state index contributed by atoms with van der Waals surface area (Å²) in [5.41, 5.74) is 5.47.